The Kier molecular flexibility index (Phi) is 4.24. The Bertz CT molecular complexity index is 646. The van der Waals surface area contributed by atoms with Crippen molar-refractivity contribution in [1.29, 1.82) is 0 Å². The minimum absolute atomic E-state index is 0.563. The van der Waals surface area contributed by atoms with Crippen molar-refractivity contribution in [3.05, 3.63) is 26.5 Å². The van der Waals surface area contributed by atoms with Gasteiger partial charge in [-0.1, -0.05) is 6.42 Å². The first-order chi connectivity index (χ1) is 9.19. The minimum atomic E-state index is 0.563. The van der Waals surface area contributed by atoms with E-state index in [0.717, 1.165) is 10.0 Å². The second-order valence-corrected chi connectivity index (χ2v) is 7.91. The lowest BCUT2D eigenvalue weighted by atomic mass is 9.94. The highest BCUT2D eigenvalue weighted by molar-refractivity contribution is 14.1. The molecule has 2 aromatic rings. The van der Waals surface area contributed by atoms with Crippen molar-refractivity contribution in [2.24, 2.45) is 0 Å². The summed E-state index contributed by atoms with van der Waals surface area (Å²) < 4.78 is 4.48. The van der Waals surface area contributed by atoms with Gasteiger partial charge in [0.2, 0.25) is 0 Å². The zero-order valence-electron chi connectivity index (χ0n) is 10.9. The van der Waals surface area contributed by atoms with E-state index in [1.807, 2.05) is 11.8 Å². The molecular formula is C14H17IN2S2. The van der Waals surface area contributed by atoms with Gasteiger partial charge in [0.25, 0.3) is 0 Å². The molecule has 1 aliphatic carbocycles. The third-order valence-electron chi connectivity index (χ3n) is 3.98. The molecule has 1 saturated carbocycles. The van der Waals surface area contributed by atoms with Crippen molar-refractivity contribution in [2.75, 3.05) is 6.26 Å². The minimum Gasteiger partial charge on any atom is -0.331 e. The number of imidazole rings is 1. The number of nitrogens with one attached hydrogen (secondary N) is 1. The molecule has 0 aliphatic heterocycles. The first-order valence-corrected chi connectivity index (χ1v) is 9.39. The molecule has 1 N–H and O–H groups in total. The number of aromatic amines is 1. The quantitative estimate of drug-likeness (QED) is 0.552. The number of aromatic nitrogens is 2. The Morgan fingerprint density at radius 2 is 2.26 bits per heavy atom. The molecule has 2 nitrogen and oxygen atoms in total. The molecule has 5 heteroatoms. The van der Waals surface area contributed by atoms with Gasteiger partial charge in [0.15, 0.2) is 4.77 Å². The van der Waals surface area contributed by atoms with Gasteiger partial charge in [-0.25, -0.2) is 0 Å². The van der Waals surface area contributed by atoms with Crippen LogP contribution in [0.4, 0.5) is 0 Å². The van der Waals surface area contributed by atoms with Crippen LogP contribution in [-0.2, 0) is 0 Å². The summed E-state index contributed by atoms with van der Waals surface area (Å²) in [5.74, 6) is 0. The number of hydrogen-bond donors (Lipinski definition) is 1. The van der Waals surface area contributed by atoms with Gasteiger partial charge in [-0.15, -0.1) is 0 Å². The third-order valence-corrected chi connectivity index (χ3v) is 6.04. The van der Waals surface area contributed by atoms with Gasteiger partial charge < -0.3 is 9.55 Å². The highest BCUT2D eigenvalue weighted by atomic mass is 127. The van der Waals surface area contributed by atoms with Crippen molar-refractivity contribution < 1.29 is 0 Å². The van der Waals surface area contributed by atoms with Crippen LogP contribution in [0, 0.1) is 8.34 Å². The van der Waals surface area contributed by atoms with E-state index in [2.05, 4.69) is 56.6 Å². The normalized spacial score (nSPS) is 23.9. The fraction of sp³-hybridized carbons (Fsp3) is 0.500. The van der Waals surface area contributed by atoms with Crippen LogP contribution in [0.2, 0.25) is 0 Å². The SMILES string of the molecule is CSC1CCCC(n2c(=S)[nH]c3cc(I)ccc32)C1. The van der Waals surface area contributed by atoms with Crippen LogP contribution in [0.25, 0.3) is 11.0 Å². The topological polar surface area (TPSA) is 20.7 Å². The van der Waals surface area contributed by atoms with Gasteiger partial charge in [0, 0.05) is 14.9 Å². The van der Waals surface area contributed by atoms with E-state index in [4.69, 9.17) is 12.2 Å². The van der Waals surface area contributed by atoms with Crippen molar-refractivity contribution in [1.82, 2.24) is 9.55 Å². The highest BCUT2D eigenvalue weighted by Gasteiger charge is 2.24. The van der Waals surface area contributed by atoms with Crippen molar-refractivity contribution in [3.8, 4) is 0 Å². The molecule has 1 aliphatic rings. The summed E-state index contributed by atoms with van der Waals surface area (Å²) in [7, 11) is 0. The van der Waals surface area contributed by atoms with Crippen molar-refractivity contribution in [2.45, 2.75) is 37.0 Å². The van der Waals surface area contributed by atoms with Gasteiger partial charge in [0.05, 0.1) is 11.0 Å². The van der Waals surface area contributed by atoms with E-state index >= 15 is 0 Å². The zero-order chi connectivity index (χ0) is 13.4. The van der Waals surface area contributed by atoms with Gasteiger partial charge in [-0.2, -0.15) is 11.8 Å². The van der Waals surface area contributed by atoms with E-state index in [0.29, 0.717) is 6.04 Å². The van der Waals surface area contributed by atoms with E-state index in [1.165, 1.54) is 40.3 Å². The monoisotopic (exact) mass is 404 g/mol. The molecule has 2 atom stereocenters. The molecule has 102 valence electrons. The van der Waals surface area contributed by atoms with Gasteiger partial charge in [-0.05, 0) is 78.5 Å². The average Bonchev–Trinajstić information content (AvgIpc) is 2.73. The molecule has 1 aromatic heterocycles. The Morgan fingerprint density at radius 3 is 3.05 bits per heavy atom. The van der Waals surface area contributed by atoms with Crippen LogP contribution in [-0.4, -0.2) is 21.1 Å². The molecule has 1 fully saturated rings. The lowest BCUT2D eigenvalue weighted by molar-refractivity contribution is 0.365. The maximum atomic E-state index is 5.55. The fourth-order valence-electron chi connectivity index (χ4n) is 3.03. The molecule has 0 spiro atoms. The summed E-state index contributed by atoms with van der Waals surface area (Å²) in [6, 6.07) is 7.10. The van der Waals surface area contributed by atoms with Crippen LogP contribution in [0.5, 0.6) is 0 Å². The lowest BCUT2D eigenvalue weighted by Gasteiger charge is -2.29. The second-order valence-electron chi connectivity index (χ2n) is 5.14. The Labute approximate surface area is 136 Å². The van der Waals surface area contributed by atoms with Crippen molar-refractivity contribution >= 4 is 57.6 Å². The van der Waals surface area contributed by atoms with Crippen LogP contribution in [0.3, 0.4) is 0 Å². The summed E-state index contributed by atoms with van der Waals surface area (Å²) in [5, 5.41) is 0.787. The van der Waals surface area contributed by atoms with Crippen LogP contribution < -0.4 is 0 Å². The van der Waals surface area contributed by atoms with Gasteiger partial charge >= 0.3 is 0 Å². The predicted molar refractivity (Wildman–Crippen MR) is 94.6 cm³/mol. The highest BCUT2D eigenvalue weighted by Crippen LogP contribution is 2.36. The van der Waals surface area contributed by atoms with E-state index < -0.39 is 0 Å². The summed E-state index contributed by atoms with van der Waals surface area (Å²) in [6.07, 6.45) is 7.39. The number of nitrogens with zero attached hydrogens (tertiary/aromatic N) is 1. The van der Waals surface area contributed by atoms with E-state index in [1.54, 1.807) is 0 Å². The number of rotatable bonds is 2. The maximum absolute atomic E-state index is 5.55. The third kappa shape index (κ3) is 2.74. The summed E-state index contributed by atoms with van der Waals surface area (Å²) in [6.45, 7) is 0. The van der Waals surface area contributed by atoms with Crippen LogP contribution in [0.1, 0.15) is 31.7 Å². The molecule has 2 unspecified atom stereocenters. The lowest BCUT2D eigenvalue weighted by Crippen LogP contribution is -2.20. The molecular weight excluding hydrogens is 387 g/mol. The van der Waals surface area contributed by atoms with Gasteiger partial charge in [0.1, 0.15) is 0 Å². The Balaban J connectivity index is 2.04. The molecule has 3 rings (SSSR count). The predicted octanol–water partition coefficient (Wildman–Crippen LogP) is 5.15. The Morgan fingerprint density at radius 1 is 1.42 bits per heavy atom. The first kappa shape index (κ1) is 13.9. The number of thioether (sulfide) groups is 1. The van der Waals surface area contributed by atoms with Crippen LogP contribution in [0.15, 0.2) is 18.2 Å². The zero-order valence-corrected chi connectivity index (χ0v) is 14.6. The molecule has 0 saturated heterocycles. The number of halogens is 1. The molecule has 1 heterocycles. The van der Waals surface area contributed by atoms with E-state index in [9.17, 15) is 0 Å². The fourth-order valence-corrected chi connectivity index (χ4v) is 4.70. The smallest absolute Gasteiger partial charge is 0.178 e. The first-order valence-electron chi connectivity index (χ1n) is 6.61. The summed E-state index contributed by atoms with van der Waals surface area (Å²) in [5.41, 5.74) is 2.43. The maximum Gasteiger partial charge on any atom is 0.178 e. The molecule has 0 bridgehead atoms. The standard InChI is InChI=1S/C14H17IN2S2/c1-19-11-4-2-3-10(8-11)17-13-6-5-9(15)7-12(13)16-14(17)18/h5-7,10-11H,2-4,8H2,1H3,(H,16,18). The van der Waals surface area contributed by atoms with Gasteiger partial charge in [-0.3, -0.25) is 0 Å². The summed E-state index contributed by atoms with van der Waals surface area (Å²) in [4.78, 5) is 3.36. The number of H-pyrrole nitrogens is 1. The Hall–Kier alpha value is -0.0100. The number of hydrogen-bond acceptors (Lipinski definition) is 2. The van der Waals surface area contributed by atoms with Crippen LogP contribution >= 0.6 is 46.6 Å². The average molecular weight is 404 g/mol. The summed E-state index contributed by atoms with van der Waals surface area (Å²) >= 11 is 9.90. The molecule has 1 aromatic carbocycles. The molecule has 0 amide bonds. The largest absolute Gasteiger partial charge is 0.331 e. The molecule has 19 heavy (non-hydrogen) atoms. The van der Waals surface area contributed by atoms with Crippen molar-refractivity contribution in [3.63, 3.8) is 0 Å². The number of fused-ring (bicyclic) bond motifs is 1. The second kappa shape index (κ2) is 5.77. The molecule has 0 radical (unpaired) electrons. The van der Waals surface area contributed by atoms with E-state index in [-0.39, 0.29) is 0 Å². The number of benzene rings is 1.